The Morgan fingerprint density at radius 2 is 1.52 bits per heavy atom. The summed E-state index contributed by atoms with van der Waals surface area (Å²) in [6, 6.07) is 7.42. The second-order valence-electron chi connectivity index (χ2n) is 6.42. The molecule has 25 heavy (non-hydrogen) atoms. The molecule has 2 saturated heterocycles. The lowest BCUT2D eigenvalue weighted by Crippen LogP contribution is -2.53. The van der Waals surface area contributed by atoms with Gasteiger partial charge in [-0.05, 0) is 11.6 Å². The maximum absolute atomic E-state index is 12.5. The van der Waals surface area contributed by atoms with Gasteiger partial charge in [0.25, 0.3) is 0 Å². The number of hydrogen-bond acceptors (Lipinski definition) is 4. The molecule has 1 aromatic rings. The Kier molecular flexibility index (Phi) is 6.29. The van der Waals surface area contributed by atoms with E-state index in [2.05, 4.69) is 4.90 Å². The van der Waals surface area contributed by atoms with Crippen molar-refractivity contribution < 1.29 is 14.3 Å². The van der Waals surface area contributed by atoms with Crippen LogP contribution in [0.4, 0.5) is 0 Å². The van der Waals surface area contributed by atoms with Gasteiger partial charge in [0.2, 0.25) is 11.8 Å². The van der Waals surface area contributed by atoms with E-state index in [-0.39, 0.29) is 11.8 Å². The zero-order valence-electron chi connectivity index (χ0n) is 14.3. The van der Waals surface area contributed by atoms with Crippen molar-refractivity contribution in [3.05, 3.63) is 34.9 Å². The third kappa shape index (κ3) is 4.93. The number of halogens is 1. The van der Waals surface area contributed by atoms with Crippen LogP contribution in [0.3, 0.4) is 0 Å². The number of nitrogens with zero attached hydrogens (tertiary/aromatic N) is 3. The number of amides is 2. The summed E-state index contributed by atoms with van der Waals surface area (Å²) in [5.41, 5.74) is 0.847. The van der Waals surface area contributed by atoms with Gasteiger partial charge in [0.05, 0.1) is 26.2 Å². The van der Waals surface area contributed by atoms with Gasteiger partial charge >= 0.3 is 0 Å². The van der Waals surface area contributed by atoms with Gasteiger partial charge in [-0.15, -0.1) is 0 Å². The zero-order chi connectivity index (χ0) is 17.6. The number of piperazine rings is 1. The van der Waals surface area contributed by atoms with Gasteiger partial charge < -0.3 is 14.5 Å². The summed E-state index contributed by atoms with van der Waals surface area (Å²) >= 11 is 6.13. The standard InChI is InChI=1S/C18H24ClN3O3/c19-16-4-2-1-3-15(16)13-17(23)21-5-7-22(8-6-21)18(24)14-20-9-11-25-12-10-20/h1-4H,5-14H2. The van der Waals surface area contributed by atoms with Crippen molar-refractivity contribution in [2.45, 2.75) is 6.42 Å². The lowest BCUT2D eigenvalue weighted by Gasteiger charge is -2.36. The lowest BCUT2D eigenvalue weighted by molar-refractivity contribution is -0.140. The molecule has 0 aliphatic carbocycles. The summed E-state index contributed by atoms with van der Waals surface area (Å²) < 4.78 is 5.30. The maximum atomic E-state index is 12.5. The zero-order valence-corrected chi connectivity index (χ0v) is 15.1. The van der Waals surface area contributed by atoms with Crippen LogP contribution in [0.1, 0.15) is 5.56 Å². The van der Waals surface area contributed by atoms with E-state index in [1.165, 1.54) is 0 Å². The van der Waals surface area contributed by atoms with Crippen LogP contribution in [-0.4, -0.2) is 85.5 Å². The normalized spacial score (nSPS) is 19.1. The van der Waals surface area contributed by atoms with Gasteiger partial charge in [0, 0.05) is 44.3 Å². The number of benzene rings is 1. The lowest BCUT2D eigenvalue weighted by atomic mass is 10.1. The Balaban J connectivity index is 1.45. The molecule has 2 heterocycles. The van der Waals surface area contributed by atoms with Crippen molar-refractivity contribution in [1.82, 2.24) is 14.7 Å². The summed E-state index contributed by atoms with van der Waals surface area (Å²) in [6.45, 7) is 5.79. The fraction of sp³-hybridized carbons (Fsp3) is 0.556. The van der Waals surface area contributed by atoms with E-state index in [0.29, 0.717) is 57.4 Å². The summed E-state index contributed by atoms with van der Waals surface area (Å²) in [4.78, 5) is 30.7. The molecule has 0 radical (unpaired) electrons. The van der Waals surface area contributed by atoms with Crippen LogP contribution in [0.15, 0.2) is 24.3 Å². The summed E-state index contributed by atoms with van der Waals surface area (Å²) in [5.74, 6) is 0.202. The SMILES string of the molecule is O=C(Cc1ccccc1Cl)N1CCN(C(=O)CN2CCOCC2)CC1. The largest absolute Gasteiger partial charge is 0.379 e. The van der Waals surface area contributed by atoms with Gasteiger partial charge in [0.1, 0.15) is 0 Å². The summed E-state index contributed by atoms with van der Waals surface area (Å²) in [7, 11) is 0. The van der Waals surface area contributed by atoms with Crippen molar-refractivity contribution in [3.8, 4) is 0 Å². The summed E-state index contributed by atoms with van der Waals surface area (Å²) in [6.07, 6.45) is 0.307. The van der Waals surface area contributed by atoms with Crippen LogP contribution in [-0.2, 0) is 20.7 Å². The van der Waals surface area contributed by atoms with E-state index in [1.54, 1.807) is 6.07 Å². The molecule has 6 nitrogen and oxygen atoms in total. The minimum Gasteiger partial charge on any atom is -0.379 e. The van der Waals surface area contributed by atoms with Gasteiger partial charge in [-0.1, -0.05) is 29.8 Å². The molecule has 0 bridgehead atoms. The molecule has 0 saturated carbocycles. The Morgan fingerprint density at radius 1 is 0.920 bits per heavy atom. The highest BCUT2D eigenvalue weighted by molar-refractivity contribution is 6.31. The molecule has 136 valence electrons. The van der Waals surface area contributed by atoms with Crippen molar-refractivity contribution >= 4 is 23.4 Å². The first-order valence-corrected chi connectivity index (χ1v) is 9.10. The van der Waals surface area contributed by atoms with Crippen LogP contribution < -0.4 is 0 Å². The van der Waals surface area contributed by atoms with Crippen LogP contribution in [0, 0.1) is 0 Å². The van der Waals surface area contributed by atoms with Crippen molar-refractivity contribution in [1.29, 1.82) is 0 Å². The Labute approximate surface area is 153 Å². The first-order valence-electron chi connectivity index (χ1n) is 8.72. The first kappa shape index (κ1) is 18.2. The molecule has 0 atom stereocenters. The minimum atomic E-state index is 0.0633. The van der Waals surface area contributed by atoms with Gasteiger partial charge in [-0.2, -0.15) is 0 Å². The average Bonchev–Trinajstić information content (AvgIpc) is 2.64. The number of carbonyl (C=O) groups excluding carboxylic acids is 2. The molecule has 7 heteroatoms. The monoisotopic (exact) mass is 365 g/mol. The molecule has 3 rings (SSSR count). The van der Waals surface area contributed by atoms with Crippen LogP contribution in [0.25, 0.3) is 0 Å². The Morgan fingerprint density at radius 3 is 2.16 bits per heavy atom. The number of carbonyl (C=O) groups is 2. The van der Waals surface area contributed by atoms with E-state index >= 15 is 0 Å². The molecule has 2 aliphatic rings. The van der Waals surface area contributed by atoms with E-state index in [9.17, 15) is 9.59 Å². The number of morpholine rings is 1. The van der Waals surface area contributed by atoms with Crippen LogP contribution in [0.5, 0.6) is 0 Å². The molecule has 0 unspecified atom stereocenters. The van der Waals surface area contributed by atoms with Gasteiger partial charge in [-0.25, -0.2) is 0 Å². The van der Waals surface area contributed by atoms with Crippen molar-refractivity contribution in [2.24, 2.45) is 0 Å². The van der Waals surface area contributed by atoms with Crippen molar-refractivity contribution in [2.75, 3.05) is 59.0 Å². The smallest absolute Gasteiger partial charge is 0.236 e. The predicted octanol–water partition coefficient (Wildman–Crippen LogP) is 0.885. The molecule has 2 fully saturated rings. The molecule has 2 aliphatic heterocycles. The molecular weight excluding hydrogens is 342 g/mol. The number of rotatable bonds is 4. The highest BCUT2D eigenvalue weighted by Gasteiger charge is 2.25. The number of ether oxygens (including phenoxy) is 1. The minimum absolute atomic E-state index is 0.0633. The highest BCUT2D eigenvalue weighted by atomic mass is 35.5. The number of hydrogen-bond donors (Lipinski definition) is 0. The fourth-order valence-electron chi connectivity index (χ4n) is 3.17. The topological polar surface area (TPSA) is 53.1 Å². The van der Waals surface area contributed by atoms with E-state index in [4.69, 9.17) is 16.3 Å². The third-order valence-corrected chi connectivity index (χ3v) is 5.12. The Bertz CT molecular complexity index is 611. The fourth-order valence-corrected chi connectivity index (χ4v) is 3.37. The maximum Gasteiger partial charge on any atom is 0.236 e. The van der Waals surface area contributed by atoms with Gasteiger partial charge in [-0.3, -0.25) is 14.5 Å². The molecule has 2 amide bonds. The summed E-state index contributed by atoms with van der Waals surface area (Å²) in [5, 5.41) is 0.621. The molecule has 1 aromatic carbocycles. The quantitative estimate of drug-likeness (QED) is 0.795. The van der Waals surface area contributed by atoms with Gasteiger partial charge in [0.15, 0.2) is 0 Å². The highest BCUT2D eigenvalue weighted by Crippen LogP contribution is 2.17. The van der Waals surface area contributed by atoms with E-state index in [1.807, 2.05) is 28.0 Å². The predicted molar refractivity (Wildman–Crippen MR) is 95.6 cm³/mol. The average molecular weight is 366 g/mol. The third-order valence-electron chi connectivity index (χ3n) is 4.75. The molecule has 0 spiro atoms. The molecular formula is C18H24ClN3O3. The second-order valence-corrected chi connectivity index (χ2v) is 6.83. The van der Waals surface area contributed by atoms with E-state index < -0.39 is 0 Å². The first-order chi connectivity index (χ1) is 12.1. The van der Waals surface area contributed by atoms with Crippen molar-refractivity contribution in [3.63, 3.8) is 0 Å². The van der Waals surface area contributed by atoms with E-state index in [0.717, 1.165) is 18.7 Å². The molecule has 0 N–H and O–H groups in total. The molecule has 0 aromatic heterocycles. The van der Waals surface area contributed by atoms with Crippen LogP contribution in [0.2, 0.25) is 5.02 Å². The Hall–Kier alpha value is -1.63. The second kappa shape index (κ2) is 8.65. The van der Waals surface area contributed by atoms with Crippen LogP contribution >= 0.6 is 11.6 Å².